The summed E-state index contributed by atoms with van der Waals surface area (Å²) in [5.41, 5.74) is 0.520. The van der Waals surface area contributed by atoms with Crippen molar-refractivity contribution in [3.63, 3.8) is 0 Å². The van der Waals surface area contributed by atoms with E-state index >= 15 is 0 Å². The van der Waals surface area contributed by atoms with E-state index in [-0.39, 0.29) is 36.8 Å². The van der Waals surface area contributed by atoms with Gasteiger partial charge in [-0.1, -0.05) is 18.2 Å². The van der Waals surface area contributed by atoms with Crippen LogP contribution in [0.1, 0.15) is 43.0 Å². The maximum absolute atomic E-state index is 12.4. The minimum atomic E-state index is -0.282. The second kappa shape index (κ2) is 9.05. The van der Waals surface area contributed by atoms with Crippen LogP contribution in [-0.2, 0) is 14.3 Å². The predicted molar refractivity (Wildman–Crippen MR) is 89.4 cm³/mol. The largest absolute Gasteiger partial charge is 0.466 e. The number of ether oxygens (including phenoxy) is 1. The first kappa shape index (κ1) is 18.0. The van der Waals surface area contributed by atoms with Crippen molar-refractivity contribution in [3.8, 4) is 0 Å². The van der Waals surface area contributed by atoms with E-state index in [9.17, 15) is 14.4 Å². The standard InChI is InChI=1S/C18H24N2O4/c1-2-24-17(22)12-15-10-6-7-11-20(15)16(21)13-19-18(23)14-8-4-3-5-9-14/h3-5,8-9,15H,2,6-7,10-13H2,1H3,(H,19,23)/t15-/m0/s1. The number of carbonyl (C=O) groups excluding carboxylic acids is 3. The summed E-state index contributed by atoms with van der Waals surface area (Å²) >= 11 is 0. The van der Waals surface area contributed by atoms with E-state index in [1.54, 1.807) is 36.1 Å². The van der Waals surface area contributed by atoms with Crippen LogP contribution in [0.2, 0.25) is 0 Å². The Morgan fingerprint density at radius 2 is 1.96 bits per heavy atom. The van der Waals surface area contributed by atoms with Crippen molar-refractivity contribution >= 4 is 17.8 Å². The van der Waals surface area contributed by atoms with Crippen molar-refractivity contribution in [1.29, 1.82) is 0 Å². The number of esters is 1. The van der Waals surface area contributed by atoms with Crippen molar-refractivity contribution in [3.05, 3.63) is 35.9 Å². The van der Waals surface area contributed by atoms with E-state index in [0.717, 1.165) is 19.3 Å². The average Bonchev–Trinajstić information content (AvgIpc) is 2.60. The molecule has 0 saturated carbocycles. The van der Waals surface area contributed by atoms with Gasteiger partial charge in [0.2, 0.25) is 5.91 Å². The molecule has 0 bridgehead atoms. The van der Waals surface area contributed by atoms with E-state index in [0.29, 0.717) is 18.7 Å². The Morgan fingerprint density at radius 3 is 2.67 bits per heavy atom. The maximum atomic E-state index is 12.4. The van der Waals surface area contributed by atoms with Gasteiger partial charge in [0.05, 0.1) is 19.6 Å². The van der Waals surface area contributed by atoms with Crippen LogP contribution < -0.4 is 5.32 Å². The lowest BCUT2D eigenvalue weighted by molar-refractivity contribution is -0.146. The smallest absolute Gasteiger partial charge is 0.307 e. The highest BCUT2D eigenvalue weighted by atomic mass is 16.5. The lowest BCUT2D eigenvalue weighted by Gasteiger charge is -2.35. The number of amides is 2. The summed E-state index contributed by atoms with van der Waals surface area (Å²) in [4.78, 5) is 37.9. The third-order valence-electron chi connectivity index (χ3n) is 4.09. The lowest BCUT2D eigenvalue weighted by Crippen LogP contribution is -2.48. The fourth-order valence-electron chi connectivity index (χ4n) is 2.90. The second-order valence-corrected chi connectivity index (χ2v) is 5.79. The summed E-state index contributed by atoms with van der Waals surface area (Å²) in [5, 5.41) is 2.65. The molecule has 2 amide bonds. The molecule has 0 radical (unpaired) electrons. The van der Waals surface area contributed by atoms with Crippen molar-refractivity contribution in [2.45, 2.75) is 38.6 Å². The molecule has 0 spiro atoms. The summed E-state index contributed by atoms with van der Waals surface area (Å²) in [5.74, 6) is -0.716. The minimum absolute atomic E-state index is 0.0624. The first-order valence-electron chi connectivity index (χ1n) is 8.40. The van der Waals surface area contributed by atoms with E-state index in [1.807, 2.05) is 6.07 Å². The summed E-state index contributed by atoms with van der Waals surface area (Å²) in [6, 6.07) is 8.64. The number of hydrogen-bond acceptors (Lipinski definition) is 4. The Bertz CT molecular complexity index is 574. The molecule has 1 aromatic rings. The average molecular weight is 332 g/mol. The second-order valence-electron chi connectivity index (χ2n) is 5.79. The molecule has 24 heavy (non-hydrogen) atoms. The highest BCUT2D eigenvalue weighted by Crippen LogP contribution is 2.20. The van der Waals surface area contributed by atoms with Crippen LogP contribution in [0, 0.1) is 0 Å². The van der Waals surface area contributed by atoms with Gasteiger partial charge in [0, 0.05) is 18.2 Å². The number of rotatable bonds is 6. The topological polar surface area (TPSA) is 75.7 Å². The number of piperidine rings is 1. The highest BCUT2D eigenvalue weighted by Gasteiger charge is 2.28. The first-order chi connectivity index (χ1) is 11.6. The summed E-state index contributed by atoms with van der Waals surface area (Å²) in [6.45, 7) is 2.66. The van der Waals surface area contributed by atoms with Crippen molar-refractivity contribution < 1.29 is 19.1 Å². The Balaban J connectivity index is 1.89. The van der Waals surface area contributed by atoms with Crippen molar-refractivity contribution in [2.24, 2.45) is 0 Å². The molecule has 130 valence electrons. The maximum Gasteiger partial charge on any atom is 0.307 e. The molecule has 6 heteroatoms. The SMILES string of the molecule is CCOC(=O)C[C@@H]1CCCCN1C(=O)CNC(=O)c1ccccc1. The van der Waals surface area contributed by atoms with Gasteiger partial charge in [-0.15, -0.1) is 0 Å². The van der Waals surface area contributed by atoms with E-state index in [2.05, 4.69) is 5.32 Å². The fraction of sp³-hybridized carbons (Fsp3) is 0.500. The van der Waals surface area contributed by atoms with Gasteiger partial charge in [0.25, 0.3) is 5.91 Å². The van der Waals surface area contributed by atoms with Crippen LogP contribution in [0.5, 0.6) is 0 Å². The van der Waals surface area contributed by atoms with Gasteiger partial charge in [0.15, 0.2) is 0 Å². The highest BCUT2D eigenvalue weighted by molar-refractivity contribution is 5.96. The zero-order valence-electron chi connectivity index (χ0n) is 14.0. The Morgan fingerprint density at radius 1 is 1.21 bits per heavy atom. The van der Waals surface area contributed by atoms with Gasteiger partial charge < -0.3 is 15.0 Å². The molecule has 1 atom stereocenters. The molecule has 2 rings (SSSR count). The lowest BCUT2D eigenvalue weighted by atomic mass is 9.99. The molecule has 1 N–H and O–H groups in total. The van der Waals surface area contributed by atoms with Crippen LogP contribution >= 0.6 is 0 Å². The number of nitrogens with one attached hydrogen (secondary N) is 1. The van der Waals surface area contributed by atoms with Gasteiger partial charge in [-0.25, -0.2) is 0 Å². The Hall–Kier alpha value is -2.37. The fourth-order valence-corrected chi connectivity index (χ4v) is 2.90. The molecule has 0 aliphatic carbocycles. The van der Waals surface area contributed by atoms with Gasteiger partial charge in [-0.2, -0.15) is 0 Å². The molecular weight excluding hydrogens is 308 g/mol. The monoisotopic (exact) mass is 332 g/mol. The third-order valence-corrected chi connectivity index (χ3v) is 4.09. The third kappa shape index (κ3) is 5.08. The number of nitrogens with zero attached hydrogens (tertiary/aromatic N) is 1. The molecule has 6 nitrogen and oxygen atoms in total. The zero-order chi connectivity index (χ0) is 17.4. The number of likely N-dealkylation sites (tertiary alicyclic amines) is 1. The molecule has 1 heterocycles. The predicted octanol–water partition coefficient (Wildman–Crippen LogP) is 1.75. The molecule has 1 fully saturated rings. The van der Waals surface area contributed by atoms with Crippen LogP contribution in [0.15, 0.2) is 30.3 Å². The normalized spacial score (nSPS) is 17.2. The van der Waals surface area contributed by atoms with Gasteiger partial charge in [-0.05, 0) is 38.3 Å². The van der Waals surface area contributed by atoms with E-state index < -0.39 is 0 Å². The van der Waals surface area contributed by atoms with Crippen molar-refractivity contribution in [1.82, 2.24) is 10.2 Å². The van der Waals surface area contributed by atoms with E-state index in [4.69, 9.17) is 4.74 Å². The molecular formula is C18H24N2O4. The first-order valence-corrected chi connectivity index (χ1v) is 8.40. The number of hydrogen-bond donors (Lipinski definition) is 1. The summed E-state index contributed by atoms with van der Waals surface area (Å²) in [6.07, 6.45) is 2.91. The zero-order valence-corrected chi connectivity index (χ0v) is 14.0. The van der Waals surface area contributed by atoms with Crippen LogP contribution in [-0.4, -0.2) is 48.4 Å². The Kier molecular flexibility index (Phi) is 6.78. The molecule has 1 aromatic carbocycles. The summed E-state index contributed by atoms with van der Waals surface area (Å²) < 4.78 is 4.98. The van der Waals surface area contributed by atoms with Gasteiger partial charge in [-0.3, -0.25) is 14.4 Å². The Labute approximate surface area is 142 Å². The van der Waals surface area contributed by atoms with Gasteiger partial charge in [0.1, 0.15) is 0 Å². The van der Waals surface area contributed by atoms with Crippen LogP contribution in [0.25, 0.3) is 0 Å². The van der Waals surface area contributed by atoms with Crippen LogP contribution in [0.3, 0.4) is 0 Å². The quantitative estimate of drug-likeness (QED) is 0.805. The van der Waals surface area contributed by atoms with E-state index in [1.165, 1.54) is 0 Å². The van der Waals surface area contributed by atoms with Crippen LogP contribution in [0.4, 0.5) is 0 Å². The molecule has 1 saturated heterocycles. The number of benzene rings is 1. The molecule has 0 unspecified atom stereocenters. The number of carbonyl (C=O) groups is 3. The summed E-state index contributed by atoms with van der Waals surface area (Å²) in [7, 11) is 0. The molecule has 1 aliphatic heterocycles. The van der Waals surface area contributed by atoms with Crippen molar-refractivity contribution in [2.75, 3.05) is 19.7 Å². The molecule has 1 aliphatic rings. The van der Waals surface area contributed by atoms with Gasteiger partial charge >= 0.3 is 5.97 Å². The molecule has 0 aromatic heterocycles. The minimum Gasteiger partial charge on any atom is -0.466 e.